The smallest absolute Gasteiger partial charge is 0.123 e. The minimum atomic E-state index is -0.831. The van der Waals surface area contributed by atoms with Crippen molar-refractivity contribution in [1.29, 1.82) is 0 Å². The Balaban J connectivity index is 0.587. The SMILES string of the molecule is C=Cc1ccc(C2(c3ccccc3)c3ccccc3-c3ccc(N(c4ccc(F)cc4)c4ccc(-c5ccc(N(c6ccccc6)c6ccc7c(c6)C(c6ccccc6)(c6ccc(C=C)cc6)c6cc(N(c8ccccc8)c8ccc(-c9ccc(N(c%10ccc(F)cc%10)c%10ccc%11c(c%10)C(c%10ccccc%10)(c%10ccc(C=C)cc%10)c%10ccccc%10-%11)cc9)cc8)ccc6-7)cc5)cc4)cc32)cc1. The molecule has 0 bridgehead atoms. The van der Waals surface area contributed by atoms with Crippen molar-refractivity contribution < 1.29 is 8.78 Å². The third kappa shape index (κ3) is 13.9. The van der Waals surface area contributed by atoms with E-state index in [4.69, 9.17) is 0 Å². The number of fused-ring (bicyclic) bond motifs is 9. The zero-order chi connectivity index (χ0) is 90.7. The van der Waals surface area contributed by atoms with Crippen LogP contribution in [0.2, 0.25) is 0 Å². The highest BCUT2D eigenvalue weighted by molar-refractivity contribution is 5.96. The largest absolute Gasteiger partial charge is 0.310 e. The van der Waals surface area contributed by atoms with E-state index in [1.807, 2.05) is 42.5 Å². The molecule has 0 heterocycles. The Hall–Kier alpha value is -17.3. The fourth-order valence-corrected chi connectivity index (χ4v) is 21.8. The van der Waals surface area contributed by atoms with Gasteiger partial charge in [-0.1, -0.05) is 359 Å². The minimum absolute atomic E-state index is 0.299. The molecule has 0 aromatic heterocycles. The van der Waals surface area contributed by atoms with Gasteiger partial charge in [0.15, 0.2) is 0 Å². The van der Waals surface area contributed by atoms with E-state index in [2.05, 4.69) is 482 Å². The van der Waals surface area contributed by atoms with Crippen LogP contribution in [0.4, 0.5) is 77.0 Å². The van der Waals surface area contributed by atoms with Crippen LogP contribution >= 0.6 is 0 Å². The molecule has 20 aromatic carbocycles. The normalized spacial score (nSPS) is 15.1. The van der Waals surface area contributed by atoms with Crippen molar-refractivity contribution in [2.45, 2.75) is 16.2 Å². The van der Waals surface area contributed by atoms with E-state index in [0.717, 1.165) is 152 Å². The molecule has 0 N–H and O–H groups in total. The van der Waals surface area contributed by atoms with E-state index >= 15 is 8.78 Å². The van der Waals surface area contributed by atoms with Gasteiger partial charge in [-0.25, -0.2) is 8.78 Å². The van der Waals surface area contributed by atoms with Gasteiger partial charge in [0.1, 0.15) is 11.6 Å². The van der Waals surface area contributed by atoms with Crippen LogP contribution in [0.25, 0.3) is 73.9 Å². The van der Waals surface area contributed by atoms with Crippen molar-refractivity contribution in [3.05, 3.63) is 606 Å². The van der Waals surface area contributed by atoms with Crippen molar-refractivity contribution in [3.63, 3.8) is 0 Å². The van der Waals surface area contributed by atoms with E-state index in [9.17, 15) is 0 Å². The lowest BCUT2D eigenvalue weighted by atomic mass is 9.67. The molecule has 2 atom stereocenters. The van der Waals surface area contributed by atoms with E-state index in [1.54, 1.807) is 24.3 Å². The Morgan fingerprint density at radius 3 is 0.593 bits per heavy atom. The molecule has 23 rings (SSSR count). The van der Waals surface area contributed by atoms with Crippen LogP contribution in [0.5, 0.6) is 0 Å². The summed E-state index contributed by atoms with van der Waals surface area (Å²) in [6.07, 6.45) is 5.71. The number of halogens is 2. The summed E-state index contributed by atoms with van der Waals surface area (Å²) in [6.45, 7) is 12.4. The van der Waals surface area contributed by atoms with E-state index in [-0.39, 0.29) is 11.6 Å². The van der Waals surface area contributed by atoms with Gasteiger partial charge in [-0.2, -0.15) is 0 Å². The van der Waals surface area contributed by atoms with Crippen LogP contribution in [-0.4, -0.2) is 0 Å². The first kappa shape index (κ1) is 82.1. The molecular formula is C129H90F2N4. The summed E-state index contributed by atoms with van der Waals surface area (Å²) >= 11 is 0. The highest BCUT2D eigenvalue weighted by Gasteiger charge is 2.50. The second-order valence-electron chi connectivity index (χ2n) is 35.0. The Labute approximate surface area is 787 Å². The maximum atomic E-state index is 15.1. The van der Waals surface area contributed by atoms with Gasteiger partial charge in [-0.05, 0) is 309 Å². The Bertz CT molecular complexity index is 7430. The summed E-state index contributed by atoms with van der Waals surface area (Å²) in [5.41, 5.74) is 37.7. The second kappa shape index (κ2) is 34.2. The second-order valence-corrected chi connectivity index (χ2v) is 35.0. The van der Waals surface area contributed by atoms with Gasteiger partial charge in [0.05, 0.1) is 16.2 Å². The zero-order valence-electron chi connectivity index (χ0n) is 74.2. The van der Waals surface area contributed by atoms with Crippen LogP contribution in [0.3, 0.4) is 0 Å². The molecule has 135 heavy (non-hydrogen) atoms. The first-order chi connectivity index (χ1) is 66.6. The van der Waals surface area contributed by atoms with Gasteiger partial charge in [-0.3, -0.25) is 0 Å². The summed E-state index contributed by atoms with van der Waals surface area (Å²) in [5, 5.41) is 0. The third-order valence-corrected chi connectivity index (χ3v) is 27.9. The number of para-hydroxylation sites is 2. The molecule has 0 saturated carbocycles. The van der Waals surface area contributed by atoms with E-state index < -0.39 is 16.2 Å². The molecule has 640 valence electrons. The van der Waals surface area contributed by atoms with E-state index in [1.165, 1.54) is 55.6 Å². The quantitative estimate of drug-likeness (QED) is 0.0633. The van der Waals surface area contributed by atoms with Crippen molar-refractivity contribution in [2.24, 2.45) is 0 Å². The fraction of sp³-hybridized carbons (Fsp3) is 0.0233. The molecule has 0 spiro atoms. The van der Waals surface area contributed by atoms with Gasteiger partial charge in [-0.15, -0.1) is 0 Å². The minimum Gasteiger partial charge on any atom is -0.310 e. The molecule has 0 radical (unpaired) electrons. The number of hydrogen-bond donors (Lipinski definition) is 0. The molecule has 4 nitrogen and oxygen atoms in total. The Morgan fingerprint density at radius 1 is 0.163 bits per heavy atom. The first-order valence-electron chi connectivity index (χ1n) is 46.0. The molecular weight excluding hydrogens is 1640 g/mol. The van der Waals surface area contributed by atoms with Crippen molar-refractivity contribution >= 4 is 86.5 Å². The fourth-order valence-electron chi connectivity index (χ4n) is 21.8. The highest BCUT2D eigenvalue weighted by Crippen LogP contribution is 2.62. The maximum absolute atomic E-state index is 15.1. The number of rotatable bonds is 23. The van der Waals surface area contributed by atoms with Crippen LogP contribution in [-0.2, 0) is 16.2 Å². The van der Waals surface area contributed by atoms with Crippen LogP contribution < -0.4 is 19.6 Å². The number of benzene rings is 20. The summed E-state index contributed by atoms with van der Waals surface area (Å²) in [6, 6.07) is 175. The van der Waals surface area contributed by atoms with Gasteiger partial charge in [0.25, 0.3) is 0 Å². The lowest BCUT2D eigenvalue weighted by Gasteiger charge is -2.36. The molecule has 6 heteroatoms. The van der Waals surface area contributed by atoms with Crippen LogP contribution in [0.1, 0.15) is 83.5 Å². The van der Waals surface area contributed by atoms with Crippen molar-refractivity contribution in [3.8, 4) is 55.6 Å². The molecule has 0 aliphatic heterocycles. The summed E-state index contributed by atoms with van der Waals surface area (Å²) < 4.78 is 30.2. The van der Waals surface area contributed by atoms with Crippen molar-refractivity contribution in [1.82, 2.24) is 0 Å². The molecule has 0 fully saturated rings. The molecule has 3 aliphatic rings. The molecule has 3 aliphatic carbocycles. The number of nitrogens with zero attached hydrogens (tertiary/aromatic N) is 4. The van der Waals surface area contributed by atoms with Gasteiger partial charge >= 0.3 is 0 Å². The monoisotopic (exact) mass is 1730 g/mol. The lowest BCUT2D eigenvalue weighted by molar-refractivity contribution is 0.627. The average Bonchev–Trinajstić information content (AvgIpc) is 1.54. The zero-order valence-corrected chi connectivity index (χ0v) is 74.2. The van der Waals surface area contributed by atoms with Gasteiger partial charge < -0.3 is 19.6 Å². The van der Waals surface area contributed by atoms with Gasteiger partial charge in [0, 0.05) is 68.2 Å². The summed E-state index contributed by atoms with van der Waals surface area (Å²) in [4.78, 5) is 9.24. The number of hydrogen-bond acceptors (Lipinski definition) is 4. The van der Waals surface area contributed by atoms with Crippen LogP contribution in [0, 0.1) is 11.6 Å². The van der Waals surface area contributed by atoms with Crippen LogP contribution in [0.15, 0.2) is 511 Å². The topological polar surface area (TPSA) is 13.0 Å². The molecule has 0 saturated heterocycles. The number of anilines is 12. The van der Waals surface area contributed by atoms with Gasteiger partial charge in [0.2, 0.25) is 0 Å². The molecule has 20 aromatic rings. The summed E-state index contributed by atoms with van der Waals surface area (Å²) in [7, 11) is 0. The Kier molecular flexibility index (Phi) is 20.8. The lowest BCUT2D eigenvalue weighted by Crippen LogP contribution is -2.29. The average molecular weight is 1730 g/mol. The van der Waals surface area contributed by atoms with E-state index in [0.29, 0.717) is 0 Å². The maximum Gasteiger partial charge on any atom is 0.123 e. The molecule has 2 unspecified atom stereocenters. The predicted molar refractivity (Wildman–Crippen MR) is 558 cm³/mol. The highest BCUT2D eigenvalue weighted by atomic mass is 19.1. The predicted octanol–water partition coefficient (Wildman–Crippen LogP) is 34.2. The first-order valence-corrected chi connectivity index (χ1v) is 46.0. The third-order valence-electron chi connectivity index (χ3n) is 27.9. The molecule has 0 amide bonds. The summed E-state index contributed by atoms with van der Waals surface area (Å²) in [5.74, 6) is -0.599. The van der Waals surface area contributed by atoms with Crippen molar-refractivity contribution in [2.75, 3.05) is 19.6 Å². The standard InChI is InChI=1S/C129H90F2N4/c1-4-88-40-54-98(55-41-88)127(95-26-12-7-13-27-95)121-38-24-22-36-115(121)117-80-76-113(84-123(117)127)134(109-72-60-101(130)61-73-109)107-68-50-93(51-69-107)91-46-64-105(65-47-91)132(103-32-18-10-19-33-103)111-78-82-119-120-83-79-112(87-126(120)129(125(119)86-111,97-30-16-9-17-31-97)100-58-44-90(6-3)45-59-100)133(104-34-20-11-21-35-104)106-66-48-92(49-67-106)94-52-70-108(71-53-94)135(110-74-62-102(131)63-75-110)114-77-81-118-116-37-23-25-39-122(116)128(124(118)85-114,96-28-14-8-15-29-96)99-56-42-89(5-2)43-57-99/h4-87H,1-3H2. The Morgan fingerprint density at radius 2 is 0.348 bits per heavy atom.